The molecule has 0 aliphatic carbocycles. The predicted octanol–water partition coefficient (Wildman–Crippen LogP) is 7.04. The van der Waals surface area contributed by atoms with Crippen molar-refractivity contribution in [3.8, 4) is 5.75 Å². The second kappa shape index (κ2) is 10.2. The lowest BCUT2D eigenvalue weighted by Crippen LogP contribution is -2.20. The van der Waals surface area contributed by atoms with Gasteiger partial charge in [0.15, 0.2) is 6.61 Å². The molecule has 0 bridgehead atoms. The maximum absolute atomic E-state index is 12.1. The lowest BCUT2D eigenvalue weighted by atomic mass is 10.2. The Morgan fingerprint density at radius 2 is 1.59 bits per heavy atom. The first kappa shape index (κ1) is 21.8. The van der Waals surface area contributed by atoms with Gasteiger partial charge in [-0.1, -0.05) is 56.8 Å². The summed E-state index contributed by atoms with van der Waals surface area (Å²) in [7, 11) is 0. The molecule has 0 fully saturated rings. The van der Waals surface area contributed by atoms with Crippen molar-refractivity contribution in [2.75, 3.05) is 17.2 Å². The molecule has 0 aliphatic rings. The fourth-order valence-corrected chi connectivity index (χ4v) is 3.28. The Labute approximate surface area is 192 Å². The van der Waals surface area contributed by atoms with Crippen LogP contribution in [0.1, 0.15) is 5.56 Å². The molecule has 0 saturated carbocycles. The third-order valence-electron chi connectivity index (χ3n) is 3.90. The highest BCUT2D eigenvalue weighted by Gasteiger charge is 2.09. The van der Waals surface area contributed by atoms with Gasteiger partial charge in [-0.25, -0.2) is 0 Å². The quantitative estimate of drug-likeness (QED) is 0.356. The van der Waals surface area contributed by atoms with Crippen molar-refractivity contribution in [2.45, 2.75) is 6.54 Å². The van der Waals surface area contributed by atoms with E-state index in [2.05, 4.69) is 26.6 Å². The molecular formula is C21H16BrCl3N2O2. The Morgan fingerprint density at radius 1 is 0.862 bits per heavy atom. The number of carbonyl (C=O) groups excluding carboxylic acids is 1. The summed E-state index contributed by atoms with van der Waals surface area (Å²) in [4.78, 5) is 12.1. The standard InChI is InChI=1S/C21H16BrCl3N2O2/c22-14-2-4-15(5-3-14)26-11-13-1-8-20(19(25)9-13)29-12-21(28)27-16-6-7-17(23)18(24)10-16/h1-10,26H,11-12H2,(H,27,28). The lowest BCUT2D eigenvalue weighted by molar-refractivity contribution is -0.118. The van der Waals surface area contributed by atoms with Gasteiger partial charge in [0, 0.05) is 22.4 Å². The first-order valence-electron chi connectivity index (χ1n) is 8.56. The molecule has 3 rings (SSSR count). The average Bonchev–Trinajstić information content (AvgIpc) is 2.69. The monoisotopic (exact) mass is 512 g/mol. The predicted molar refractivity (Wildman–Crippen MR) is 124 cm³/mol. The minimum absolute atomic E-state index is 0.184. The minimum atomic E-state index is -0.333. The number of halogens is 4. The van der Waals surface area contributed by atoms with Gasteiger partial charge in [-0.3, -0.25) is 4.79 Å². The number of benzene rings is 3. The average molecular weight is 515 g/mol. The third-order valence-corrected chi connectivity index (χ3v) is 5.46. The molecule has 2 N–H and O–H groups in total. The molecule has 0 spiro atoms. The van der Waals surface area contributed by atoms with Crippen LogP contribution in [0.3, 0.4) is 0 Å². The van der Waals surface area contributed by atoms with E-state index in [1.807, 2.05) is 30.3 Å². The van der Waals surface area contributed by atoms with Crippen molar-refractivity contribution in [1.82, 2.24) is 0 Å². The number of anilines is 2. The van der Waals surface area contributed by atoms with Crippen LogP contribution in [0.4, 0.5) is 11.4 Å². The van der Waals surface area contributed by atoms with Crippen LogP contribution < -0.4 is 15.4 Å². The van der Waals surface area contributed by atoms with Gasteiger partial charge >= 0.3 is 0 Å². The molecule has 29 heavy (non-hydrogen) atoms. The van der Waals surface area contributed by atoms with E-state index in [0.29, 0.717) is 33.0 Å². The van der Waals surface area contributed by atoms with Crippen LogP contribution in [0.2, 0.25) is 15.1 Å². The summed E-state index contributed by atoms with van der Waals surface area (Å²) in [5.41, 5.74) is 2.53. The SMILES string of the molecule is O=C(COc1ccc(CNc2ccc(Br)cc2)cc1Cl)Nc1ccc(Cl)c(Cl)c1. The van der Waals surface area contributed by atoms with Gasteiger partial charge in [-0.15, -0.1) is 0 Å². The summed E-state index contributed by atoms with van der Waals surface area (Å²) in [6, 6.07) is 18.2. The van der Waals surface area contributed by atoms with Gasteiger partial charge in [-0.2, -0.15) is 0 Å². The topological polar surface area (TPSA) is 50.4 Å². The van der Waals surface area contributed by atoms with Crippen LogP contribution in [0.5, 0.6) is 5.75 Å². The van der Waals surface area contributed by atoms with Gasteiger partial charge in [0.2, 0.25) is 0 Å². The maximum atomic E-state index is 12.1. The number of amides is 1. The largest absolute Gasteiger partial charge is 0.482 e. The first-order valence-corrected chi connectivity index (χ1v) is 10.5. The van der Waals surface area contributed by atoms with E-state index in [1.165, 1.54) is 0 Å². The van der Waals surface area contributed by atoms with Gasteiger partial charge in [-0.05, 0) is 60.2 Å². The molecule has 0 heterocycles. The van der Waals surface area contributed by atoms with Crippen molar-refractivity contribution in [3.63, 3.8) is 0 Å². The molecule has 4 nitrogen and oxygen atoms in total. The summed E-state index contributed by atoms with van der Waals surface area (Å²) in [5.74, 6) is 0.101. The molecule has 0 aliphatic heterocycles. The Hall–Kier alpha value is -1.92. The zero-order valence-corrected chi connectivity index (χ0v) is 18.9. The number of carbonyl (C=O) groups is 1. The number of rotatable bonds is 7. The van der Waals surface area contributed by atoms with E-state index in [4.69, 9.17) is 39.5 Å². The van der Waals surface area contributed by atoms with Crippen molar-refractivity contribution in [2.24, 2.45) is 0 Å². The van der Waals surface area contributed by atoms with Crippen LogP contribution in [-0.4, -0.2) is 12.5 Å². The molecule has 0 saturated heterocycles. The van der Waals surface area contributed by atoms with Gasteiger partial charge in [0.1, 0.15) is 5.75 Å². The van der Waals surface area contributed by atoms with Crippen LogP contribution in [0.15, 0.2) is 65.1 Å². The van der Waals surface area contributed by atoms with Gasteiger partial charge in [0.05, 0.1) is 15.1 Å². The lowest BCUT2D eigenvalue weighted by Gasteiger charge is -2.11. The maximum Gasteiger partial charge on any atom is 0.262 e. The Morgan fingerprint density at radius 3 is 2.28 bits per heavy atom. The highest BCUT2D eigenvalue weighted by atomic mass is 79.9. The van der Waals surface area contributed by atoms with Crippen molar-refractivity contribution in [1.29, 1.82) is 0 Å². The van der Waals surface area contributed by atoms with Gasteiger partial charge < -0.3 is 15.4 Å². The summed E-state index contributed by atoms with van der Waals surface area (Å²) < 4.78 is 6.55. The molecule has 3 aromatic rings. The van der Waals surface area contributed by atoms with Crippen LogP contribution >= 0.6 is 50.7 Å². The summed E-state index contributed by atoms with van der Waals surface area (Å²) >= 11 is 21.5. The van der Waals surface area contributed by atoms with E-state index in [-0.39, 0.29) is 12.5 Å². The second-order valence-electron chi connectivity index (χ2n) is 6.09. The molecule has 1 amide bonds. The zero-order chi connectivity index (χ0) is 20.8. The normalized spacial score (nSPS) is 10.5. The number of ether oxygens (including phenoxy) is 1. The van der Waals surface area contributed by atoms with Crippen molar-refractivity contribution in [3.05, 3.63) is 85.8 Å². The van der Waals surface area contributed by atoms with Crippen LogP contribution in [-0.2, 0) is 11.3 Å². The molecular weight excluding hydrogens is 499 g/mol. The summed E-state index contributed by atoms with van der Waals surface area (Å²) in [5, 5.41) is 7.22. The molecule has 0 radical (unpaired) electrons. The minimum Gasteiger partial charge on any atom is -0.482 e. The number of nitrogens with one attached hydrogen (secondary N) is 2. The first-order chi connectivity index (χ1) is 13.9. The fraction of sp³-hybridized carbons (Fsp3) is 0.0952. The van der Waals surface area contributed by atoms with E-state index < -0.39 is 0 Å². The molecule has 0 unspecified atom stereocenters. The second-order valence-corrected chi connectivity index (χ2v) is 8.23. The highest BCUT2D eigenvalue weighted by molar-refractivity contribution is 9.10. The van der Waals surface area contributed by atoms with E-state index in [1.54, 1.807) is 30.3 Å². The molecule has 3 aromatic carbocycles. The van der Waals surface area contributed by atoms with Crippen LogP contribution in [0, 0.1) is 0 Å². The Kier molecular flexibility index (Phi) is 7.67. The zero-order valence-electron chi connectivity index (χ0n) is 15.0. The third kappa shape index (κ3) is 6.54. The molecule has 8 heteroatoms. The van der Waals surface area contributed by atoms with Gasteiger partial charge in [0.25, 0.3) is 5.91 Å². The Bertz CT molecular complexity index is 1010. The van der Waals surface area contributed by atoms with E-state index in [0.717, 1.165) is 15.7 Å². The molecule has 0 atom stereocenters. The fourth-order valence-electron chi connectivity index (χ4n) is 2.46. The van der Waals surface area contributed by atoms with E-state index in [9.17, 15) is 4.79 Å². The highest BCUT2D eigenvalue weighted by Crippen LogP contribution is 2.27. The summed E-state index contributed by atoms with van der Waals surface area (Å²) in [6.07, 6.45) is 0. The number of hydrogen-bond acceptors (Lipinski definition) is 3. The van der Waals surface area contributed by atoms with Crippen LogP contribution in [0.25, 0.3) is 0 Å². The molecule has 0 aromatic heterocycles. The number of hydrogen-bond donors (Lipinski definition) is 2. The van der Waals surface area contributed by atoms with Crippen molar-refractivity contribution >= 4 is 68.0 Å². The van der Waals surface area contributed by atoms with Crippen molar-refractivity contribution < 1.29 is 9.53 Å². The summed E-state index contributed by atoms with van der Waals surface area (Å²) in [6.45, 7) is 0.426. The Balaban J connectivity index is 1.52. The molecule has 150 valence electrons. The van der Waals surface area contributed by atoms with E-state index >= 15 is 0 Å². The smallest absolute Gasteiger partial charge is 0.262 e.